The summed E-state index contributed by atoms with van der Waals surface area (Å²) in [4.78, 5) is 4.77. The van der Waals surface area contributed by atoms with Crippen molar-refractivity contribution < 1.29 is 0 Å². The molecule has 3 rings (SSSR count). The normalized spacial score (nSPS) is 18.9. The van der Waals surface area contributed by atoms with Crippen molar-refractivity contribution in [3.05, 3.63) is 24.3 Å². The van der Waals surface area contributed by atoms with Gasteiger partial charge in [0.25, 0.3) is 0 Å². The molecular weight excluding hydrogens is 214 g/mol. The molecule has 0 saturated carbocycles. The van der Waals surface area contributed by atoms with Gasteiger partial charge in [0.2, 0.25) is 0 Å². The van der Waals surface area contributed by atoms with Crippen molar-refractivity contribution in [2.45, 2.75) is 6.67 Å². The quantitative estimate of drug-likeness (QED) is 0.760. The van der Waals surface area contributed by atoms with Crippen LogP contribution in [0.15, 0.2) is 24.3 Å². The smallest absolute Gasteiger partial charge is 0.113 e. The molecule has 0 N–H and O–H groups in total. The molecule has 1 aliphatic rings. The van der Waals surface area contributed by atoms with Crippen LogP contribution in [-0.4, -0.2) is 58.0 Å². The van der Waals surface area contributed by atoms with Crippen LogP contribution >= 0.6 is 0 Å². The number of piperazine rings is 1. The van der Waals surface area contributed by atoms with Gasteiger partial charge in [0.15, 0.2) is 0 Å². The minimum atomic E-state index is 0.842. The van der Waals surface area contributed by atoms with Crippen LogP contribution in [0.3, 0.4) is 0 Å². The third-order valence-corrected chi connectivity index (χ3v) is 3.35. The largest absolute Gasteiger partial charge is 0.304 e. The summed E-state index contributed by atoms with van der Waals surface area (Å²) >= 11 is 0. The number of fused-ring (bicyclic) bond motifs is 1. The van der Waals surface area contributed by atoms with Gasteiger partial charge in [-0.2, -0.15) is 0 Å². The van der Waals surface area contributed by atoms with Gasteiger partial charge in [-0.05, 0) is 19.2 Å². The predicted octanol–water partition coefficient (Wildman–Crippen LogP) is 0.636. The summed E-state index contributed by atoms with van der Waals surface area (Å²) in [7, 11) is 2.17. The van der Waals surface area contributed by atoms with Gasteiger partial charge in [-0.25, -0.2) is 4.68 Å². The molecule has 0 unspecified atom stereocenters. The molecule has 0 radical (unpaired) electrons. The first-order valence-electron chi connectivity index (χ1n) is 6.02. The first kappa shape index (κ1) is 10.7. The molecule has 0 spiro atoms. The Hall–Kier alpha value is -1.46. The van der Waals surface area contributed by atoms with Gasteiger partial charge >= 0.3 is 0 Å². The van der Waals surface area contributed by atoms with E-state index in [1.807, 2.05) is 22.9 Å². The van der Waals surface area contributed by atoms with Crippen LogP contribution in [-0.2, 0) is 6.67 Å². The molecule has 2 heterocycles. The van der Waals surface area contributed by atoms with Crippen LogP contribution in [0.25, 0.3) is 11.0 Å². The lowest BCUT2D eigenvalue weighted by atomic mass is 10.3. The molecule has 1 aromatic heterocycles. The zero-order valence-electron chi connectivity index (χ0n) is 10.1. The van der Waals surface area contributed by atoms with E-state index >= 15 is 0 Å². The number of benzene rings is 1. The summed E-state index contributed by atoms with van der Waals surface area (Å²) in [5, 5.41) is 8.39. The van der Waals surface area contributed by atoms with E-state index in [-0.39, 0.29) is 0 Å². The third-order valence-electron chi connectivity index (χ3n) is 3.35. The maximum absolute atomic E-state index is 4.22. The first-order valence-corrected chi connectivity index (χ1v) is 6.02. The van der Waals surface area contributed by atoms with E-state index in [2.05, 4.69) is 33.2 Å². The second-order valence-corrected chi connectivity index (χ2v) is 4.64. The van der Waals surface area contributed by atoms with E-state index in [1.165, 1.54) is 0 Å². The van der Waals surface area contributed by atoms with Gasteiger partial charge in [0, 0.05) is 26.2 Å². The number of hydrogen-bond donors (Lipinski definition) is 0. The summed E-state index contributed by atoms with van der Waals surface area (Å²) in [5.41, 5.74) is 2.09. The molecule has 0 amide bonds. The Bertz CT molecular complexity index is 498. The average Bonchev–Trinajstić information content (AvgIpc) is 2.76. The Morgan fingerprint density at radius 2 is 1.88 bits per heavy atom. The molecule has 1 aromatic carbocycles. The minimum absolute atomic E-state index is 0.842. The first-order chi connectivity index (χ1) is 8.33. The highest BCUT2D eigenvalue weighted by Crippen LogP contribution is 2.11. The average molecular weight is 231 g/mol. The Morgan fingerprint density at radius 3 is 2.71 bits per heavy atom. The second kappa shape index (κ2) is 4.43. The number of para-hydroxylation sites is 1. The SMILES string of the molecule is CN1CCN(Cn2nnc3ccccc32)CC1. The maximum Gasteiger partial charge on any atom is 0.113 e. The van der Waals surface area contributed by atoms with Gasteiger partial charge < -0.3 is 4.90 Å². The molecule has 5 nitrogen and oxygen atoms in total. The zero-order valence-corrected chi connectivity index (χ0v) is 10.1. The number of likely N-dealkylation sites (N-methyl/N-ethyl adjacent to an activating group) is 1. The van der Waals surface area contributed by atoms with E-state index in [4.69, 9.17) is 0 Å². The summed E-state index contributed by atoms with van der Waals surface area (Å²) in [6, 6.07) is 8.11. The van der Waals surface area contributed by atoms with Crippen LogP contribution in [0.1, 0.15) is 0 Å². The van der Waals surface area contributed by atoms with Crippen LogP contribution in [0, 0.1) is 0 Å². The van der Waals surface area contributed by atoms with Crippen molar-refractivity contribution in [1.82, 2.24) is 24.8 Å². The van der Waals surface area contributed by atoms with E-state index in [0.29, 0.717) is 0 Å². The van der Waals surface area contributed by atoms with Crippen molar-refractivity contribution in [2.75, 3.05) is 33.2 Å². The maximum atomic E-state index is 4.22. The van der Waals surface area contributed by atoms with Crippen molar-refractivity contribution in [1.29, 1.82) is 0 Å². The van der Waals surface area contributed by atoms with Gasteiger partial charge in [-0.1, -0.05) is 17.3 Å². The molecule has 90 valence electrons. The van der Waals surface area contributed by atoms with E-state index in [1.54, 1.807) is 0 Å². The van der Waals surface area contributed by atoms with Crippen LogP contribution in [0.5, 0.6) is 0 Å². The van der Waals surface area contributed by atoms with Crippen LogP contribution in [0.2, 0.25) is 0 Å². The molecule has 2 aromatic rings. The highest BCUT2D eigenvalue weighted by atomic mass is 15.5. The van der Waals surface area contributed by atoms with Gasteiger partial charge in [0.05, 0.1) is 12.2 Å². The van der Waals surface area contributed by atoms with Crippen molar-refractivity contribution in [3.63, 3.8) is 0 Å². The number of nitrogens with zero attached hydrogens (tertiary/aromatic N) is 5. The molecule has 0 aliphatic carbocycles. The summed E-state index contributed by atoms with van der Waals surface area (Å²) in [6.45, 7) is 5.31. The van der Waals surface area contributed by atoms with Crippen molar-refractivity contribution in [3.8, 4) is 0 Å². The Morgan fingerprint density at radius 1 is 1.12 bits per heavy atom. The molecule has 1 fully saturated rings. The van der Waals surface area contributed by atoms with Gasteiger partial charge in [0.1, 0.15) is 5.52 Å². The molecule has 5 heteroatoms. The van der Waals surface area contributed by atoms with Crippen LogP contribution < -0.4 is 0 Å². The number of rotatable bonds is 2. The van der Waals surface area contributed by atoms with E-state index < -0.39 is 0 Å². The lowest BCUT2D eigenvalue weighted by Crippen LogP contribution is -2.45. The Balaban J connectivity index is 1.76. The number of hydrogen-bond acceptors (Lipinski definition) is 4. The zero-order chi connectivity index (χ0) is 11.7. The lowest BCUT2D eigenvalue weighted by molar-refractivity contribution is 0.120. The topological polar surface area (TPSA) is 37.2 Å². The molecule has 17 heavy (non-hydrogen) atoms. The fraction of sp³-hybridized carbons (Fsp3) is 0.500. The standard InChI is InChI=1S/C12H17N5/c1-15-6-8-16(9-7-15)10-17-12-5-3-2-4-11(12)13-14-17/h2-5H,6-10H2,1H3. The minimum Gasteiger partial charge on any atom is -0.304 e. The highest BCUT2D eigenvalue weighted by molar-refractivity contribution is 5.73. The monoisotopic (exact) mass is 231 g/mol. The third kappa shape index (κ3) is 2.16. The second-order valence-electron chi connectivity index (χ2n) is 4.64. The van der Waals surface area contributed by atoms with Gasteiger partial charge in [-0.3, -0.25) is 4.90 Å². The fourth-order valence-electron chi connectivity index (χ4n) is 2.20. The Kier molecular flexibility index (Phi) is 2.78. The van der Waals surface area contributed by atoms with E-state index in [9.17, 15) is 0 Å². The summed E-state index contributed by atoms with van der Waals surface area (Å²) in [6.07, 6.45) is 0. The highest BCUT2D eigenvalue weighted by Gasteiger charge is 2.15. The van der Waals surface area contributed by atoms with Crippen molar-refractivity contribution in [2.24, 2.45) is 0 Å². The summed E-state index contributed by atoms with van der Waals surface area (Å²) in [5.74, 6) is 0. The molecular formula is C12H17N5. The molecule has 1 saturated heterocycles. The number of aromatic nitrogens is 3. The van der Waals surface area contributed by atoms with E-state index in [0.717, 1.165) is 43.9 Å². The fourth-order valence-corrected chi connectivity index (χ4v) is 2.20. The van der Waals surface area contributed by atoms with Crippen molar-refractivity contribution >= 4 is 11.0 Å². The predicted molar refractivity (Wildman–Crippen MR) is 66.6 cm³/mol. The molecule has 0 atom stereocenters. The Labute approximate surface area is 101 Å². The lowest BCUT2D eigenvalue weighted by Gasteiger charge is -2.32. The van der Waals surface area contributed by atoms with Gasteiger partial charge in [-0.15, -0.1) is 5.10 Å². The van der Waals surface area contributed by atoms with Crippen LogP contribution in [0.4, 0.5) is 0 Å². The summed E-state index contributed by atoms with van der Waals surface area (Å²) < 4.78 is 1.99. The molecule has 1 aliphatic heterocycles. The molecule has 0 bridgehead atoms.